The third kappa shape index (κ3) is 2.48. The quantitative estimate of drug-likeness (QED) is 0.785. The van der Waals surface area contributed by atoms with Crippen LogP contribution >= 0.6 is 12.2 Å². The van der Waals surface area contributed by atoms with Gasteiger partial charge in [-0.2, -0.15) is 5.10 Å². The molecule has 0 amide bonds. The first kappa shape index (κ1) is 10.9. The summed E-state index contributed by atoms with van der Waals surface area (Å²) in [6.45, 7) is 5.41. The van der Waals surface area contributed by atoms with Gasteiger partial charge in [-0.05, 0) is 43.8 Å². The second-order valence-electron chi connectivity index (χ2n) is 4.82. The largest absolute Gasteiger partial charge is 0.304 e. The standard InChI is InChI=1S/C11H19N3S/c1-8-4-3-5-10(6-8)7-14-9(2)12-13-11(14)15/h8,10H,3-7H2,1-2H3,(H,13,15). The second kappa shape index (κ2) is 4.47. The second-order valence-corrected chi connectivity index (χ2v) is 5.21. The van der Waals surface area contributed by atoms with Crippen molar-refractivity contribution in [2.45, 2.75) is 46.1 Å². The van der Waals surface area contributed by atoms with Gasteiger partial charge in [-0.25, -0.2) is 0 Å². The Balaban J connectivity index is 2.05. The van der Waals surface area contributed by atoms with Crippen LogP contribution in [0.4, 0.5) is 0 Å². The van der Waals surface area contributed by atoms with Crippen molar-refractivity contribution < 1.29 is 0 Å². The van der Waals surface area contributed by atoms with Crippen LogP contribution in [0.15, 0.2) is 0 Å². The topological polar surface area (TPSA) is 33.6 Å². The van der Waals surface area contributed by atoms with Crippen molar-refractivity contribution in [3.8, 4) is 0 Å². The Bertz CT molecular complexity index is 379. The molecule has 1 aromatic rings. The molecule has 1 aliphatic rings. The first-order chi connectivity index (χ1) is 7.16. The van der Waals surface area contributed by atoms with Crippen molar-refractivity contribution in [1.82, 2.24) is 14.8 Å². The van der Waals surface area contributed by atoms with Crippen LogP contribution in [0.1, 0.15) is 38.4 Å². The fraction of sp³-hybridized carbons (Fsp3) is 0.818. The van der Waals surface area contributed by atoms with E-state index in [1.807, 2.05) is 6.92 Å². The smallest absolute Gasteiger partial charge is 0.195 e. The van der Waals surface area contributed by atoms with E-state index in [1.54, 1.807) is 0 Å². The monoisotopic (exact) mass is 225 g/mol. The number of hydrogen-bond acceptors (Lipinski definition) is 2. The maximum Gasteiger partial charge on any atom is 0.195 e. The number of nitrogens with one attached hydrogen (secondary N) is 1. The zero-order valence-corrected chi connectivity index (χ0v) is 10.3. The normalized spacial score (nSPS) is 26.8. The molecule has 0 aliphatic heterocycles. The van der Waals surface area contributed by atoms with Crippen molar-refractivity contribution in [2.75, 3.05) is 0 Å². The lowest BCUT2D eigenvalue weighted by atomic mass is 9.82. The van der Waals surface area contributed by atoms with E-state index in [4.69, 9.17) is 12.2 Å². The molecule has 1 heterocycles. The minimum atomic E-state index is 0.769. The summed E-state index contributed by atoms with van der Waals surface area (Å²) in [5.74, 6) is 2.68. The molecule has 4 heteroatoms. The zero-order chi connectivity index (χ0) is 10.8. The number of aryl methyl sites for hydroxylation is 1. The Morgan fingerprint density at radius 3 is 2.93 bits per heavy atom. The van der Waals surface area contributed by atoms with E-state index in [9.17, 15) is 0 Å². The number of rotatable bonds is 2. The summed E-state index contributed by atoms with van der Waals surface area (Å²) in [6, 6.07) is 0. The third-order valence-electron chi connectivity index (χ3n) is 3.43. The van der Waals surface area contributed by atoms with E-state index >= 15 is 0 Å². The van der Waals surface area contributed by atoms with Crippen molar-refractivity contribution in [3.05, 3.63) is 10.6 Å². The van der Waals surface area contributed by atoms with Gasteiger partial charge in [0.2, 0.25) is 0 Å². The Labute approximate surface area is 95.9 Å². The van der Waals surface area contributed by atoms with Crippen LogP contribution in [-0.4, -0.2) is 14.8 Å². The van der Waals surface area contributed by atoms with Crippen molar-refractivity contribution in [2.24, 2.45) is 11.8 Å². The molecule has 1 aliphatic carbocycles. The molecule has 1 fully saturated rings. The molecule has 3 nitrogen and oxygen atoms in total. The fourth-order valence-electron chi connectivity index (χ4n) is 2.60. The number of aromatic amines is 1. The van der Waals surface area contributed by atoms with Gasteiger partial charge in [0.25, 0.3) is 0 Å². The summed E-state index contributed by atoms with van der Waals surface area (Å²) < 4.78 is 2.91. The summed E-state index contributed by atoms with van der Waals surface area (Å²) >= 11 is 5.22. The lowest BCUT2D eigenvalue weighted by Gasteiger charge is -2.26. The first-order valence-electron chi connectivity index (χ1n) is 5.78. The number of nitrogens with zero attached hydrogens (tertiary/aromatic N) is 2. The molecule has 0 bridgehead atoms. The van der Waals surface area contributed by atoms with Gasteiger partial charge in [0.15, 0.2) is 4.77 Å². The van der Waals surface area contributed by atoms with E-state index in [0.29, 0.717) is 0 Å². The fourth-order valence-corrected chi connectivity index (χ4v) is 2.85. The summed E-state index contributed by atoms with van der Waals surface area (Å²) in [5.41, 5.74) is 0. The lowest BCUT2D eigenvalue weighted by molar-refractivity contribution is 0.255. The molecule has 1 aromatic heterocycles. The van der Waals surface area contributed by atoms with Crippen LogP contribution in [0.2, 0.25) is 0 Å². The summed E-state index contributed by atoms with van der Waals surface area (Å²) in [4.78, 5) is 0. The van der Waals surface area contributed by atoms with Gasteiger partial charge < -0.3 is 4.57 Å². The highest BCUT2D eigenvalue weighted by Gasteiger charge is 2.19. The average molecular weight is 225 g/mol. The number of hydrogen-bond donors (Lipinski definition) is 1. The summed E-state index contributed by atoms with van der Waals surface area (Å²) in [7, 11) is 0. The van der Waals surface area contributed by atoms with Gasteiger partial charge in [-0.1, -0.05) is 19.8 Å². The van der Waals surface area contributed by atoms with Crippen LogP contribution in [-0.2, 0) is 6.54 Å². The van der Waals surface area contributed by atoms with Crippen LogP contribution in [0, 0.1) is 23.5 Å². The molecule has 2 unspecified atom stereocenters. The Morgan fingerprint density at radius 1 is 1.53 bits per heavy atom. The third-order valence-corrected chi connectivity index (χ3v) is 3.75. The van der Waals surface area contributed by atoms with Gasteiger partial charge in [0, 0.05) is 6.54 Å². The lowest BCUT2D eigenvalue weighted by Crippen LogP contribution is -2.19. The molecule has 84 valence electrons. The maximum atomic E-state index is 5.22. The highest BCUT2D eigenvalue weighted by atomic mass is 32.1. The molecule has 15 heavy (non-hydrogen) atoms. The van der Waals surface area contributed by atoms with Gasteiger partial charge in [0.05, 0.1) is 0 Å². The predicted octanol–water partition coefficient (Wildman–Crippen LogP) is 3.08. The minimum Gasteiger partial charge on any atom is -0.304 e. The molecular weight excluding hydrogens is 206 g/mol. The van der Waals surface area contributed by atoms with Crippen LogP contribution in [0.5, 0.6) is 0 Å². The molecule has 0 saturated heterocycles. The SMILES string of the molecule is Cc1n[nH]c(=S)n1CC1CCCC(C)C1. The number of H-pyrrole nitrogens is 1. The van der Waals surface area contributed by atoms with Gasteiger partial charge in [-0.3, -0.25) is 5.10 Å². The minimum absolute atomic E-state index is 0.769. The maximum absolute atomic E-state index is 5.22. The van der Waals surface area contributed by atoms with Crippen molar-refractivity contribution in [3.63, 3.8) is 0 Å². The predicted molar refractivity (Wildman–Crippen MR) is 63.3 cm³/mol. The van der Waals surface area contributed by atoms with Gasteiger partial charge in [-0.15, -0.1) is 0 Å². The Hall–Kier alpha value is -0.640. The van der Waals surface area contributed by atoms with E-state index in [2.05, 4.69) is 21.7 Å². The molecule has 0 spiro atoms. The molecule has 1 saturated carbocycles. The van der Waals surface area contributed by atoms with E-state index < -0.39 is 0 Å². The average Bonchev–Trinajstić information content (AvgIpc) is 2.50. The molecular formula is C11H19N3S. The highest BCUT2D eigenvalue weighted by Crippen LogP contribution is 2.29. The molecule has 1 N–H and O–H groups in total. The van der Waals surface area contributed by atoms with Crippen LogP contribution in [0.25, 0.3) is 0 Å². The number of aromatic nitrogens is 3. The summed E-state index contributed by atoms with van der Waals surface area (Å²) in [6.07, 6.45) is 5.45. The Morgan fingerprint density at radius 2 is 2.33 bits per heavy atom. The van der Waals surface area contributed by atoms with E-state index in [0.717, 1.165) is 29.0 Å². The van der Waals surface area contributed by atoms with Crippen molar-refractivity contribution >= 4 is 12.2 Å². The van der Waals surface area contributed by atoms with Crippen LogP contribution in [0.3, 0.4) is 0 Å². The summed E-state index contributed by atoms with van der Waals surface area (Å²) in [5, 5.41) is 7.00. The van der Waals surface area contributed by atoms with E-state index in [-0.39, 0.29) is 0 Å². The van der Waals surface area contributed by atoms with Gasteiger partial charge >= 0.3 is 0 Å². The molecule has 2 rings (SSSR count). The molecule has 2 atom stereocenters. The molecule has 0 radical (unpaired) electrons. The highest BCUT2D eigenvalue weighted by molar-refractivity contribution is 7.71. The Kier molecular flexibility index (Phi) is 3.24. The first-order valence-corrected chi connectivity index (χ1v) is 6.19. The zero-order valence-electron chi connectivity index (χ0n) is 9.49. The van der Waals surface area contributed by atoms with Crippen molar-refractivity contribution in [1.29, 1.82) is 0 Å². The van der Waals surface area contributed by atoms with Gasteiger partial charge in [0.1, 0.15) is 5.82 Å². The molecule has 0 aromatic carbocycles. The van der Waals surface area contributed by atoms with E-state index in [1.165, 1.54) is 25.7 Å². The van der Waals surface area contributed by atoms with Crippen LogP contribution < -0.4 is 0 Å².